The van der Waals surface area contributed by atoms with Gasteiger partial charge >= 0.3 is 0 Å². The van der Waals surface area contributed by atoms with Crippen molar-refractivity contribution in [2.75, 3.05) is 7.11 Å². The van der Waals surface area contributed by atoms with Crippen molar-refractivity contribution in [3.63, 3.8) is 0 Å². The van der Waals surface area contributed by atoms with Crippen LogP contribution < -0.4 is 0 Å². The summed E-state index contributed by atoms with van der Waals surface area (Å²) in [5.74, 6) is -0.444. The lowest BCUT2D eigenvalue weighted by Crippen LogP contribution is -1.98. The maximum Gasteiger partial charge on any atom is 0.235 e. The Morgan fingerprint density at radius 2 is 2.20 bits per heavy atom. The number of hydrogen-bond acceptors (Lipinski definition) is 3. The Morgan fingerprint density at radius 1 is 1.53 bits per heavy atom. The smallest absolute Gasteiger partial charge is 0.235 e. The Bertz CT molecular complexity index is 403. The first-order valence-electron chi connectivity index (χ1n) is 4.18. The van der Waals surface area contributed by atoms with E-state index in [2.05, 4.69) is 4.99 Å². The first-order chi connectivity index (χ1) is 7.19. The van der Waals surface area contributed by atoms with E-state index in [-0.39, 0.29) is 18.7 Å². The van der Waals surface area contributed by atoms with Gasteiger partial charge in [-0.05, 0) is 12.1 Å². The van der Waals surface area contributed by atoms with Gasteiger partial charge in [-0.25, -0.2) is 14.2 Å². The fraction of sp³-hybridized carbons (Fsp3) is 0.300. The molecule has 3 nitrogen and oxygen atoms in total. The third-order valence-electron chi connectivity index (χ3n) is 1.80. The molecule has 0 radical (unpaired) electrons. The fourth-order valence-corrected chi connectivity index (χ4v) is 1.46. The van der Waals surface area contributed by atoms with Crippen molar-refractivity contribution in [3.05, 3.63) is 34.1 Å². The van der Waals surface area contributed by atoms with Crippen molar-refractivity contribution >= 4 is 17.7 Å². The lowest BCUT2D eigenvalue weighted by Gasteiger charge is -2.06. The number of ether oxygens (including phenoxy) is 1. The zero-order chi connectivity index (χ0) is 11.3. The Balaban J connectivity index is 3.09. The molecule has 0 N–H and O–H groups in total. The second-order valence-corrected chi connectivity index (χ2v) is 3.31. The fourth-order valence-electron chi connectivity index (χ4n) is 1.20. The van der Waals surface area contributed by atoms with Gasteiger partial charge in [-0.2, -0.15) is 0 Å². The highest BCUT2D eigenvalue weighted by Crippen LogP contribution is 2.21. The third-order valence-corrected chi connectivity index (χ3v) is 2.02. The van der Waals surface area contributed by atoms with Crippen LogP contribution in [0.25, 0.3) is 0 Å². The van der Waals surface area contributed by atoms with Crippen molar-refractivity contribution < 1.29 is 13.9 Å². The summed E-state index contributed by atoms with van der Waals surface area (Å²) in [4.78, 5) is 13.2. The van der Waals surface area contributed by atoms with Gasteiger partial charge < -0.3 is 4.74 Å². The van der Waals surface area contributed by atoms with Gasteiger partial charge in [-0.15, -0.1) is 0 Å². The maximum atomic E-state index is 13.6. The molecule has 1 aromatic rings. The number of rotatable bonds is 4. The Kier molecular flexibility index (Phi) is 4.43. The molecule has 0 aliphatic carbocycles. The predicted octanol–water partition coefficient (Wildman–Crippen LogP) is 2.46. The molecule has 0 atom stereocenters. The van der Waals surface area contributed by atoms with E-state index in [0.717, 1.165) is 0 Å². The summed E-state index contributed by atoms with van der Waals surface area (Å²) in [6, 6.07) is 2.91. The van der Waals surface area contributed by atoms with Crippen LogP contribution in [0.3, 0.4) is 0 Å². The van der Waals surface area contributed by atoms with Crippen LogP contribution in [0.15, 0.2) is 17.1 Å². The van der Waals surface area contributed by atoms with Crippen LogP contribution in [0.1, 0.15) is 11.1 Å². The molecule has 1 aromatic carbocycles. The second-order valence-electron chi connectivity index (χ2n) is 2.88. The third kappa shape index (κ3) is 3.13. The number of hydrogen-bond donors (Lipinski definition) is 0. The molecular weight excluding hydrogens is 221 g/mol. The van der Waals surface area contributed by atoms with Crippen LogP contribution in [0.5, 0.6) is 0 Å². The summed E-state index contributed by atoms with van der Waals surface area (Å²) in [7, 11) is 1.46. The summed E-state index contributed by atoms with van der Waals surface area (Å²) in [6.07, 6.45) is 1.35. The van der Waals surface area contributed by atoms with E-state index in [1.54, 1.807) is 0 Å². The predicted molar refractivity (Wildman–Crippen MR) is 53.9 cm³/mol. The van der Waals surface area contributed by atoms with Crippen LogP contribution >= 0.6 is 11.6 Å². The molecule has 0 spiro atoms. The average Bonchev–Trinajstić information content (AvgIpc) is 2.21. The molecule has 0 unspecified atom stereocenters. The van der Waals surface area contributed by atoms with Crippen LogP contribution in [-0.2, 0) is 22.7 Å². The molecule has 1 rings (SSSR count). The van der Waals surface area contributed by atoms with Crippen molar-refractivity contribution in [2.45, 2.75) is 13.2 Å². The zero-order valence-corrected chi connectivity index (χ0v) is 8.84. The van der Waals surface area contributed by atoms with Crippen LogP contribution in [0, 0.1) is 5.82 Å². The number of carbonyl (C=O) groups excluding carboxylic acids is 1. The molecule has 0 bridgehead atoms. The molecule has 0 aliphatic heterocycles. The topological polar surface area (TPSA) is 38.7 Å². The van der Waals surface area contributed by atoms with Crippen LogP contribution in [0.4, 0.5) is 4.39 Å². The molecule has 0 saturated carbocycles. The first-order valence-corrected chi connectivity index (χ1v) is 4.56. The largest absolute Gasteiger partial charge is 0.380 e. The van der Waals surface area contributed by atoms with Gasteiger partial charge in [-0.3, -0.25) is 0 Å². The SMILES string of the molecule is COCc1cc(Cl)cc(CN=C=O)c1F. The normalized spacial score (nSPS) is 9.80. The highest BCUT2D eigenvalue weighted by atomic mass is 35.5. The van der Waals surface area contributed by atoms with Gasteiger partial charge in [0.2, 0.25) is 6.08 Å². The highest BCUT2D eigenvalue weighted by Gasteiger charge is 2.09. The zero-order valence-electron chi connectivity index (χ0n) is 8.09. The van der Waals surface area contributed by atoms with Crippen LogP contribution in [0.2, 0.25) is 5.02 Å². The number of halogens is 2. The molecule has 0 fully saturated rings. The quantitative estimate of drug-likeness (QED) is 0.588. The number of isocyanates is 1. The summed E-state index contributed by atoms with van der Waals surface area (Å²) >= 11 is 5.77. The molecule has 0 saturated heterocycles. The summed E-state index contributed by atoms with van der Waals surface area (Å²) < 4.78 is 18.5. The molecule has 0 amide bonds. The van der Waals surface area contributed by atoms with Crippen molar-refractivity contribution in [2.24, 2.45) is 4.99 Å². The molecular formula is C10H9ClFNO2. The molecule has 0 heterocycles. The molecule has 0 aliphatic rings. The maximum absolute atomic E-state index is 13.6. The summed E-state index contributed by atoms with van der Waals surface area (Å²) in [5.41, 5.74) is 0.610. The Hall–Kier alpha value is -1.22. The molecule has 0 aromatic heterocycles. The van der Waals surface area contributed by atoms with Gasteiger partial charge in [0.25, 0.3) is 0 Å². The van der Waals surface area contributed by atoms with E-state index in [1.807, 2.05) is 0 Å². The minimum atomic E-state index is -0.444. The van der Waals surface area contributed by atoms with Gasteiger partial charge in [0.1, 0.15) is 5.82 Å². The van der Waals surface area contributed by atoms with E-state index in [9.17, 15) is 9.18 Å². The molecule has 15 heavy (non-hydrogen) atoms. The first kappa shape index (κ1) is 11.9. The minimum absolute atomic E-state index is 0.0629. The van der Waals surface area contributed by atoms with E-state index in [4.69, 9.17) is 16.3 Å². The van der Waals surface area contributed by atoms with Crippen molar-refractivity contribution in [3.8, 4) is 0 Å². The second kappa shape index (κ2) is 5.61. The molecule has 80 valence electrons. The van der Waals surface area contributed by atoms with Gasteiger partial charge in [0, 0.05) is 23.3 Å². The standard InChI is InChI=1S/C10H9ClFNO2/c1-15-5-8-3-9(11)2-7(10(8)12)4-13-6-14/h2-3H,4-5H2,1H3. The van der Waals surface area contributed by atoms with Gasteiger partial charge in [-0.1, -0.05) is 11.6 Å². The highest BCUT2D eigenvalue weighted by molar-refractivity contribution is 6.30. The van der Waals surface area contributed by atoms with Crippen LogP contribution in [-0.4, -0.2) is 13.2 Å². The number of nitrogens with zero attached hydrogens (tertiary/aromatic N) is 1. The molecule has 5 heteroatoms. The summed E-state index contributed by atoms with van der Waals surface area (Å²) in [6.45, 7) is 0.0663. The lowest BCUT2D eigenvalue weighted by molar-refractivity contribution is 0.181. The number of methoxy groups -OCH3 is 1. The monoisotopic (exact) mass is 229 g/mol. The van der Waals surface area contributed by atoms with E-state index in [0.29, 0.717) is 10.6 Å². The lowest BCUT2D eigenvalue weighted by atomic mass is 10.1. The van der Waals surface area contributed by atoms with Gasteiger partial charge in [0.15, 0.2) is 0 Å². The number of benzene rings is 1. The summed E-state index contributed by atoms with van der Waals surface area (Å²) in [5, 5.41) is 0.388. The van der Waals surface area contributed by atoms with Crippen molar-refractivity contribution in [1.82, 2.24) is 0 Å². The minimum Gasteiger partial charge on any atom is -0.380 e. The van der Waals surface area contributed by atoms with Gasteiger partial charge in [0.05, 0.1) is 13.2 Å². The van der Waals surface area contributed by atoms with Crippen molar-refractivity contribution in [1.29, 1.82) is 0 Å². The van der Waals surface area contributed by atoms with E-state index < -0.39 is 5.82 Å². The number of aliphatic imine (C=N–C) groups is 1. The van der Waals surface area contributed by atoms with E-state index >= 15 is 0 Å². The Morgan fingerprint density at radius 3 is 2.80 bits per heavy atom. The average molecular weight is 230 g/mol. The van der Waals surface area contributed by atoms with E-state index in [1.165, 1.54) is 25.3 Å². The Labute approximate surface area is 91.5 Å².